The molecule has 4 heteroatoms. The normalized spacial score (nSPS) is 19.0. The average Bonchev–Trinajstić information content (AvgIpc) is 2.46. The van der Waals surface area contributed by atoms with Gasteiger partial charge in [0.05, 0.1) is 18.5 Å². The fraction of sp³-hybridized carbons (Fsp3) is 0.533. The van der Waals surface area contributed by atoms with Crippen molar-refractivity contribution in [2.24, 2.45) is 0 Å². The van der Waals surface area contributed by atoms with E-state index in [1.54, 1.807) is 7.11 Å². The van der Waals surface area contributed by atoms with Crippen molar-refractivity contribution in [1.29, 1.82) is 0 Å². The molecule has 0 N–H and O–H groups in total. The summed E-state index contributed by atoms with van der Waals surface area (Å²) in [5.74, 6) is 0.611. The van der Waals surface area contributed by atoms with Crippen molar-refractivity contribution in [3.8, 4) is 5.88 Å². The van der Waals surface area contributed by atoms with Crippen molar-refractivity contribution < 1.29 is 9.47 Å². The van der Waals surface area contributed by atoms with Gasteiger partial charge in [0.1, 0.15) is 6.23 Å². The lowest BCUT2D eigenvalue weighted by Gasteiger charge is -2.33. The minimum absolute atomic E-state index is 0.127. The Balaban J connectivity index is 2.29. The van der Waals surface area contributed by atoms with E-state index >= 15 is 0 Å². The van der Waals surface area contributed by atoms with Crippen LogP contribution in [0.2, 0.25) is 0 Å². The van der Waals surface area contributed by atoms with Gasteiger partial charge in [-0.1, -0.05) is 6.58 Å². The van der Waals surface area contributed by atoms with Gasteiger partial charge in [-0.25, -0.2) is 4.98 Å². The van der Waals surface area contributed by atoms with Crippen molar-refractivity contribution >= 4 is 11.3 Å². The lowest BCUT2D eigenvalue weighted by molar-refractivity contribution is 0.0173. The van der Waals surface area contributed by atoms with E-state index in [0.29, 0.717) is 5.88 Å². The molecule has 0 bridgehead atoms. The number of rotatable bonds is 4. The summed E-state index contributed by atoms with van der Waals surface area (Å²) >= 11 is 0. The van der Waals surface area contributed by atoms with Crippen molar-refractivity contribution in [1.82, 2.24) is 4.98 Å². The van der Waals surface area contributed by atoms with Crippen LogP contribution in [-0.4, -0.2) is 32.0 Å². The molecule has 1 saturated heterocycles. The molecule has 1 unspecified atom stereocenters. The van der Waals surface area contributed by atoms with Gasteiger partial charge in [0.25, 0.3) is 0 Å². The monoisotopic (exact) mass is 262 g/mol. The molecule has 0 spiro atoms. The molecule has 2 rings (SSSR count). The molecule has 104 valence electrons. The summed E-state index contributed by atoms with van der Waals surface area (Å²) in [6, 6.07) is 3.90. The van der Waals surface area contributed by atoms with Crippen molar-refractivity contribution in [2.45, 2.75) is 32.4 Å². The van der Waals surface area contributed by atoms with E-state index in [0.717, 1.165) is 36.4 Å². The largest absolute Gasteiger partial charge is 0.481 e. The Labute approximate surface area is 115 Å². The van der Waals surface area contributed by atoms with Gasteiger partial charge in [-0.15, -0.1) is 0 Å². The molecule has 0 amide bonds. The summed E-state index contributed by atoms with van der Waals surface area (Å²) in [6.07, 6.45) is 3.54. The van der Waals surface area contributed by atoms with Crippen LogP contribution in [0, 0.1) is 0 Å². The molecule has 0 saturated carbocycles. The predicted molar refractivity (Wildman–Crippen MR) is 77.5 cm³/mol. The second kappa shape index (κ2) is 6.06. The Bertz CT molecular complexity index is 453. The molecule has 0 radical (unpaired) electrons. The van der Waals surface area contributed by atoms with E-state index in [2.05, 4.69) is 16.5 Å². The minimum Gasteiger partial charge on any atom is -0.481 e. The zero-order valence-electron chi connectivity index (χ0n) is 12.0. The molecule has 1 aliphatic heterocycles. The van der Waals surface area contributed by atoms with Gasteiger partial charge < -0.3 is 14.4 Å². The standard InChI is InChI=1S/C15H22N2O2/c1-11(2)15-12(8-9-13(16-15)18-4)17(3)14-7-5-6-10-19-14/h8-9,14H,1,5-7,10H2,2-4H3. The van der Waals surface area contributed by atoms with Crippen molar-refractivity contribution in [3.05, 3.63) is 24.4 Å². The van der Waals surface area contributed by atoms with E-state index in [1.165, 1.54) is 6.42 Å². The molecule has 1 aromatic rings. The van der Waals surface area contributed by atoms with Crippen LogP contribution in [0.5, 0.6) is 5.88 Å². The zero-order valence-corrected chi connectivity index (χ0v) is 12.0. The third-order valence-electron chi connectivity index (χ3n) is 3.43. The molecule has 4 nitrogen and oxygen atoms in total. The molecule has 1 fully saturated rings. The van der Waals surface area contributed by atoms with Gasteiger partial charge in [0.15, 0.2) is 0 Å². The van der Waals surface area contributed by atoms with E-state index in [4.69, 9.17) is 9.47 Å². The number of methoxy groups -OCH3 is 1. The number of ether oxygens (including phenoxy) is 2. The van der Waals surface area contributed by atoms with Crippen molar-refractivity contribution in [2.75, 3.05) is 25.7 Å². The van der Waals surface area contributed by atoms with E-state index in [1.807, 2.05) is 26.1 Å². The third-order valence-corrected chi connectivity index (χ3v) is 3.43. The summed E-state index contributed by atoms with van der Waals surface area (Å²) in [5.41, 5.74) is 2.84. The number of nitrogens with zero attached hydrogens (tertiary/aromatic N) is 2. The first-order valence-electron chi connectivity index (χ1n) is 6.69. The van der Waals surface area contributed by atoms with Crippen molar-refractivity contribution in [3.63, 3.8) is 0 Å². The molecule has 0 aliphatic carbocycles. The third kappa shape index (κ3) is 3.07. The lowest BCUT2D eigenvalue weighted by atomic mass is 10.1. The number of allylic oxidation sites excluding steroid dienone is 1. The first-order valence-corrected chi connectivity index (χ1v) is 6.69. The average molecular weight is 262 g/mol. The number of aromatic nitrogens is 1. The van der Waals surface area contributed by atoms with Crippen LogP contribution in [0.4, 0.5) is 5.69 Å². The number of anilines is 1. The van der Waals surface area contributed by atoms with Crippen LogP contribution in [0.1, 0.15) is 31.9 Å². The summed E-state index contributed by atoms with van der Waals surface area (Å²) in [4.78, 5) is 6.64. The Kier molecular flexibility index (Phi) is 4.43. The van der Waals surface area contributed by atoms with Crippen LogP contribution < -0.4 is 9.64 Å². The fourth-order valence-corrected chi connectivity index (χ4v) is 2.33. The lowest BCUT2D eigenvalue weighted by Crippen LogP contribution is -2.37. The maximum Gasteiger partial charge on any atom is 0.213 e. The quantitative estimate of drug-likeness (QED) is 0.835. The number of pyridine rings is 1. The Morgan fingerprint density at radius 3 is 2.84 bits per heavy atom. The highest BCUT2D eigenvalue weighted by molar-refractivity contribution is 5.72. The van der Waals surface area contributed by atoms with Gasteiger partial charge in [-0.3, -0.25) is 0 Å². The molecule has 1 atom stereocenters. The molecular formula is C15H22N2O2. The molecular weight excluding hydrogens is 240 g/mol. The topological polar surface area (TPSA) is 34.6 Å². The highest BCUT2D eigenvalue weighted by Crippen LogP contribution is 2.29. The smallest absolute Gasteiger partial charge is 0.213 e. The fourth-order valence-electron chi connectivity index (χ4n) is 2.33. The second-order valence-corrected chi connectivity index (χ2v) is 4.93. The maximum atomic E-state index is 5.82. The van der Waals surface area contributed by atoms with Gasteiger partial charge >= 0.3 is 0 Å². The number of hydrogen-bond acceptors (Lipinski definition) is 4. The van der Waals surface area contributed by atoms with Gasteiger partial charge in [0.2, 0.25) is 5.88 Å². The van der Waals surface area contributed by atoms with Gasteiger partial charge in [0, 0.05) is 19.7 Å². The summed E-state index contributed by atoms with van der Waals surface area (Å²) in [5, 5.41) is 0. The van der Waals surface area contributed by atoms with Crippen LogP contribution in [0.25, 0.3) is 5.57 Å². The Morgan fingerprint density at radius 2 is 2.26 bits per heavy atom. The van der Waals surface area contributed by atoms with Gasteiger partial charge in [-0.05, 0) is 37.8 Å². The van der Waals surface area contributed by atoms with Crippen LogP contribution in [0.15, 0.2) is 18.7 Å². The molecule has 1 aliphatic rings. The minimum atomic E-state index is 0.127. The summed E-state index contributed by atoms with van der Waals surface area (Å²) in [7, 11) is 3.67. The summed E-state index contributed by atoms with van der Waals surface area (Å²) < 4.78 is 11.0. The highest BCUT2D eigenvalue weighted by atomic mass is 16.5. The van der Waals surface area contributed by atoms with Gasteiger partial charge in [-0.2, -0.15) is 0 Å². The first-order chi connectivity index (χ1) is 9.13. The second-order valence-electron chi connectivity index (χ2n) is 4.93. The van der Waals surface area contributed by atoms with E-state index < -0.39 is 0 Å². The highest BCUT2D eigenvalue weighted by Gasteiger charge is 2.21. The molecule has 2 heterocycles. The summed E-state index contributed by atoms with van der Waals surface area (Å²) in [6.45, 7) is 6.80. The van der Waals surface area contributed by atoms with Crippen LogP contribution >= 0.6 is 0 Å². The van der Waals surface area contributed by atoms with Crippen LogP contribution in [0.3, 0.4) is 0 Å². The Morgan fingerprint density at radius 1 is 1.47 bits per heavy atom. The Hall–Kier alpha value is -1.55. The SMILES string of the molecule is C=C(C)c1nc(OC)ccc1N(C)C1CCCCO1. The van der Waals surface area contributed by atoms with E-state index in [-0.39, 0.29) is 6.23 Å². The molecule has 1 aromatic heterocycles. The zero-order chi connectivity index (χ0) is 13.8. The maximum absolute atomic E-state index is 5.82. The van der Waals surface area contributed by atoms with Crippen LogP contribution in [-0.2, 0) is 4.74 Å². The molecule has 19 heavy (non-hydrogen) atoms. The first kappa shape index (κ1) is 13.9. The molecule has 0 aromatic carbocycles. The number of hydrogen-bond donors (Lipinski definition) is 0. The predicted octanol–water partition coefficient (Wildman–Crippen LogP) is 3.09. The van der Waals surface area contributed by atoms with E-state index in [9.17, 15) is 0 Å².